The lowest BCUT2D eigenvalue weighted by atomic mass is 9.93. The maximum absolute atomic E-state index is 14.7. The fraction of sp³-hybridized carbons (Fsp3) is 0.241. The van der Waals surface area contributed by atoms with E-state index < -0.39 is 57.9 Å². The van der Waals surface area contributed by atoms with Crippen LogP contribution in [0.3, 0.4) is 0 Å². The average molecular weight is 721 g/mol. The maximum Gasteiger partial charge on any atom is 0.435 e. The van der Waals surface area contributed by atoms with Crippen LogP contribution in [0.4, 0.5) is 50.9 Å². The van der Waals surface area contributed by atoms with Crippen LogP contribution in [0.15, 0.2) is 53.0 Å². The molecule has 242 valence electrons. The Morgan fingerprint density at radius 3 is 2.09 bits per heavy atom. The second-order valence-corrected chi connectivity index (χ2v) is 10.2. The van der Waals surface area contributed by atoms with Crippen molar-refractivity contribution in [1.29, 1.82) is 10.5 Å². The number of amides is 2. The number of benzene rings is 3. The molecule has 0 spiro atoms. The van der Waals surface area contributed by atoms with E-state index in [0.717, 1.165) is 23.1 Å². The molecule has 0 heterocycles. The fourth-order valence-electron chi connectivity index (χ4n) is 4.30. The first kappa shape index (κ1) is 35.7. The summed E-state index contributed by atoms with van der Waals surface area (Å²) < 4.78 is 124. The predicted molar refractivity (Wildman–Crippen MR) is 148 cm³/mol. The van der Waals surface area contributed by atoms with Crippen LogP contribution in [0.1, 0.15) is 49.9 Å². The van der Waals surface area contributed by atoms with E-state index in [1.54, 1.807) is 13.8 Å². The second-order valence-electron chi connectivity index (χ2n) is 9.35. The van der Waals surface area contributed by atoms with Crippen LogP contribution < -0.4 is 15.0 Å². The van der Waals surface area contributed by atoms with Gasteiger partial charge >= 0.3 is 24.6 Å². The molecule has 46 heavy (non-hydrogen) atoms. The summed E-state index contributed by atoms with van der Waals surface area (Å²) in [4.78, 5) is 27.8. The van der Waals surface area contributed by atoms with Gasteiger partial charge in [0.05, 0.1) is 28.6 Å². The highest BCUT2D eigenvalue weighted by atomic mass is 79.9. The van der Waals surface area contributed by atoms with Crippen molar-refractivity contribution in [3.8, 4) is 17.9 Å². The number of hydrogen-bond donors (Lipinski definition) is 1. The Hall–Kier alpha value is -4.77. The molecule has 0 aromatic heterocycles. The van der Waals surface area contributed by atoms with E-state index in [4.69, 9.17) is 5.26 Å². The molecular weight excluding hydrogens is 703 g/mol. The first-order valence-corrected chi connectivity index (χ1v) is 13.4. The van der Waals surface area contributed by atoms with Crippen molar-refractivity contribution in [2.45, 2.75) is 38.5 Å². The Balaban J connectivity index is 2.10. The van der Waals surface area contributed by atoms with Crippen molar-refractivity contribution in [2.75, 3.05) is 16.8 Å². The van der Waals surface area contributed by atoms with Gasteiger partial charge in [-0.15, -0.1) is 0 Å². The molecule has 0 unspecified atom stereocenters. The van der Waals surface area contributed by atoms with Crippen LogP contribution in [-0.2, 0) is 5.67 Å². The summed E-state index contributed by atoms with van der Waals surface area (Å²) in [5.74, 6) is -3.28. The van der Waals surface area contributed by atoms with E-state index in [-0.39, 0.29) is 46.6 Å². The Kier molecular flexibility index (Phi) is 10.3. The van der Waals surface area contributed by atoms with Crippen molar-refractivity contribution in [3.63, 3.8) is 0 Å². The Morgan fingerprint density at radius 2 is 1.59 bits per heavy atom. The van der Waals surface area contributed by atoms with Crippen LogP contribution in [0, 0.1) is 29.6 Å². The Morgan fingerprint density at radius 1 is 0.957 bits per heavy atom. The number of nitrogens with one attached hydrogen (secondary N) is 1. The van der Waals surface area contributed by atoms with E-state index >= 15 is 0 Å². The number of rotatable bonds is 8. The van der Waals surface area contributed by atoms with Crippen molar-refractivity contribution >= 4 is 39.1 Å². The average Bonchev–Trinajstić information content (AvgIpc) is 2.96. The molecule has 0 saturated heterocycles. The van der Waals surface area contributed by atoms with Crippen LogP contribution >= 0.6 is 15.9 Å². The normalized spacial score (nSPS) is 11.9. The first-order chi connectivity index (χ1) is 21.3. The van der Waals surface area contributed by atoms with Crippen LogP contribution in [0.2, 0.25) is 0 Å². The monoisotopic (exact) mass is 720 g/mol. The molecule has 0 aliphatic carbocycles. The first-order valence-electron chi connectivity index (χ1n) is 12.6. The molecule has 17 heteroatoms. The molecule has 0 aliphatic rings. The van der Waals surface area contributed by atoms with Gasteiger partial charge in [-0.2, -0.15) is 45.6 Å². The molecule has 0 radical (unpaired) electrons. The lowest BCUT2D eigenvalue weighted by molar-refractivity contribution is -0.348. The third kappa shape index (κ3) is 6.89. The minimum Gasteiger partial charge on any atom is -0.433 e. The van der Waals surface area contributed by atoms with Crippen LogP contribution in [0.25, 0.3) is 0 Å². The van der Waals surface area contributed by atoms with Gasteiger partial charge in [0.25, 0.3) is 11.8 Å². The standard InChI is InChI=1S/C29H18BrF9N4O3/c1-3-43(25(45)19-7-4-15(12-40)8-14(19)2)21-9-16(5-6-17(21)13-41)24(44)42-23-20(30)10-18(11-22(23)46-26(31)32)27(33,28(34,35)36)29(37,38)39/h4-11,26H,3H2,1-2H3,(H,42,44). The predicted octanol–water partition coefficient (Wildman–Crippen LogP) is 8.31. The third-order valence-corrected chi connectivity index (χ3v) is 7.13. The fourth-order valence-corrected chi connectivity index (χ4v) is 4.84. The number of aryl methyl sites for hydroxylation is 1. The molecule has 0 aliphatic heterocycles. The number of anilines is 2. The van der Waals surface area contributed by atoms with E-state index in [1.807, 2.05) is 17.5 Å². The Labute approximate surface area is 262 Å². The zero-order chi connectivity index (χ0) is 34.8. The third-order valence-electron chi connectivity index (χ3n) is 6.51. The molecule has 0 bridgehead atoms. The van der Waals surface area contributed by atoms with Crippen molar-refractivity contribution in [2.24, 2.45) is 0 Å². The summed E-state index contributed by atoms with van der Waals surface area (Å²) in [5.41, 5.74) is -8.74. The van der Waals surface area contributed by atoms with Gasteiger partial charge in [0.1, 0.15) is 6.07 Å². The van der Waals surface area contributed by atoms with E-state index in [1.165, 1.54) is 18.2 Å². The summed E-state index contributed by atoms with van der Waals surface area (Å²) in [6.45, 7) is -0.763. The molecule has 3 aromatic rings. The molecule has 0 saturated carbocycles. The van der Waals surface area contributed by atoms with Gasteiger partial charge < -0.3 is 15.0 Å². The lowest BCUT2D eigenvalue weighted by Gasteiger charge is -2.31. The van der Waals surface area contributed by atoms with Crippen molar-refractivity contribution in [3.05, 3.63) is 86.4 Å². The Bertz CT molecular complexity index is 1750. The van der Waals surface area contributed by atoms with Gasteiger partial charge in [0, 0.05) is 27.7 Å². The summed E-state index contributed by atoms with van der Waals surface area (Å²) in [6, 6.07) is 11.0. The SMILES string of the molecule is CCN(C(=O)c1ccc(C#N)cc1C)c1cc(C(=O)Nc2c(Br)cc(C(F)(C(F)(F)F)C(F)(F)F)cc2OC(F)F)ccc1C#N. The molecule has 2 amide bonds. The number of alkyl halides is 9. The van der Waals surface area contributed by atoms with E-state index in [9.17, 15) is 54.4 Å². The van der Waals surface area contributed by atoms with E-state index in [2.05, 4.69) is 20.7 Å². The minimum atomic E-state index is -6.57. The van der Waals surface area contributed by atoms with Gasteiger partial charge in [-0.25, -0.2) is 4.39 Å². The highest BCUT2D eigenvalue weighted by molar-refractivity contribution is 9.10. The summed E-state index contributed by atoms with van der Waals surface area (Å²) in [7, 11) is 0. The van der Waals surface area contributed by atoms with Gasteiger partial charge in [0.15, 0.2) is 5.75 Å². The highest BCUT2D eigenvalue weighted by Gasteiger charge is 2.73. The van der Waals surface area contributed by atoms with Gasteiger partial charge in [-0.1, -0.05) is 0 Å². The number of ether oxygens (including phenoxy) is 1. The molecule has 7 nitrogen and oxygen atoms in total. The number of carbonyl (C=O) groups is 2. The topological polar surface area (TPSA) is 106 Å². The molecule has 0 fully saturated rings. The van der Waals surface area contributed by atoms with Crippen molar-refractivity contribution < 1.29 is 53.8 Å². The smallest absolute Gasteiger partial charge is 0.433 e. The van der Waals surface area contributed by atoms with Crippen molar-refractivity contribution in [1.82, 2.24) is 0 Å². The number of nitriles is 2. The molecule has 1 N–H and O–H groups in total. The number of carbonyl (C=O) groups excluding carboxylic acids is 2. The zero-order valence-electron chi connectivity index (χ0n) is 23.2. The molecule has 3 rings (SSSR count). The van der Waals surface area contributed by atoms with Gasteiger partial charge in [-0.3, -0.25) is 9.59 Å². The zero-order valence-corrected chi connectivity index (χ0v) is 24.8. The number of halogens is 10. The summed E-state index contributed by atoms with van der Waals surface area (Å²) in [5, 5.41) is 20.8. The summed E-state index contributed by atoms with van der Waals surface area (Å²) in [6.07, 6.45) is -13.1. The highest BCUT2D eigenvalue weighted by Crippen LogP contribution is 2.55. The maximum atomic E-state index is 14.7. The molecule has 0 atom stereocenters. The minimum absolute atomic E-state index is 0.00344. The van der Waals surface area contributed by atoms with Crippen LogP contribution in [0.5, 0.6) is 5.75 Å². The van der Waals surface area contributed by atoms with Gasteiger partial charge in [0.2, 0.25) is 0 Å². The summed E-state index contributed by atoms with van der Waals surface area (Å²) >= 11 is 2.59. The molecule has 3 aromatic carbocycles. The van der Waals surface area contributed by atoms with E-state index in [0.29, 0.717) is 5.56 Å². The quantitative estimate of drug-likeness (QED) is 0.236. The molecular formula is C29H18BrF9N4O3. The van der Waals surface area contributed by atoms with Gasteiger partial charge in [-0.05, 0) is 83.9 Å². The number of nitrogens with zero attached hydrogens (tertiary/aromatic N) is 3. The van der Waals surface area contributed by atoms with Crippen LogP contribution in [-0.4, -0.2) is 37.3 Å². The second kappa shape index (κ2) is 13.3. The largest absolute Gasteiger partial charge is 0.435 e. The lowest BCUT2D eigenvalue weighted by Crippen LogP contribution is -2.50. The number of hydrogen-bond acceptors (Lipinski definition) is 5.